The van der Waals surface area contributed by atoms with Gasteiger partial charge in [-0.05, 0) is 34.7 Å². The van der Waals surface area contributed by atoms with E-state index < -0.39 is 5.97 Å². The maximum absolute atomic E-state index is 10.9. The SMILES string of the molecule is O=C(O)c1cc(O)cc2c(I)csc12. The number of aromatic carboxylic acids is 1. The van der Waals surface area contributed by atoms with Crippen LogP contribution in [0.3, 0.4) is 0 Å². The first kappa shape index (κ1) is 9.72. The number of phenols is 1. The summed E-state index contributed by atoms with van der Waals surface area (Å²) in [5, 5.41) is 20.9. The molecule has 2 rings (SSSR count). The Bertz CT molecular complexity index is 518. The number of fused-ring (bicyclic) bond motifs is 1. The van der Waals surface area contributed by atoms with Gasteiger partial charge in [0.1, 0.15) is 5.75 Å². The van der Waals surface area contributed by atoms with Crippen molar-refractivity contribution in [2.24, 2.45) is 0 Å². The molecule has 0 spiro atoms. The summed E-state index contributed by atoms with van der Waals surface area (Å²) in [6.45, 7) is 0. The molecule has 0 atom stereocenters. The third-order valence-corrected chi connectivity index (χ3v) is 4.19. The van der Waals surface area contributed by atoms with Crippen molar-refractivity contribution < 1.29 is 15.0 Å². The van der Waals surface area contributed by atoms with Gasteiger partial charge in [-0.15, -0.1) is 11.3 Å². The van der Waals surface area contributed by atoms with Crippen molar-refractivity contribution in [3.05, 3.63) is 26.6 Å². The Morgan fingerprint density at radius 3 is 2.79 bits per heavy atom. The van der Waals surface area contributed by atoms with E-state index in [0.29, 0.717) is 4.70 Å². The number of thiophene rings is 1. The molecule has 1 heterocycles. The van der Waals surface area contributed by atoms with Crippen molar-refractivity contribution in [1.29, 1.82) is 0 Å². The molecule has 0 aliphatic heterocycles. The van der Waals surface area contributed by atoms with Crippen LogP contribution in [0.15, 0.2) is 17.5 Å². The lowest BCUT2D eigenvalue weighted by Crippen LogP contribution is -1.95. The fourth-order valence-corrected chi connectivity index (χ4v) is 3.16. The van der Waals surface area contributed by atoms with Gasteiger partial charge < -0.3 is 10.2 Å². The van der Waals surface area contributed by atoms with Crippen LogP contribution < -0.4 is 0 Å². The number of carbonyl (C=O) groups is 1. The van der Waals surface area contributed by atoms with Gasteiger partial charge in [-0.2, -0.15) is 0 Å². The predicted octanol–water partition coefficient (Wildman–Crippen LogP) is 2.91. The van der Waals surface area contributed by atoms with Gasteiger partial charge in [0.2, 0.25) is 0 Å². The van der Waals surface area contributed by atoms with Crippen LogP contribution in [0.5, 0.6) is 5.75 Å². The van der Waals surface area contributed by atoms with Gasteiger partial charge in [0.15, 0.2) is 0 Å². The smallest absolute Gasteiger partial charge is 0.337 e. The van der Waals surface area contributed by atoms with Crippen LogP contribution in [0.25, 0.3) is 10.1 Å². The Kier molecular flexibility index (Phi) is 2.36. The zero-order valence-electron chi connectivity index (χ0n) is 6.82. The first-order chi connectivity index (χ1) is 6.59. The maximum atomic E-state index is 10.9. The van der Waals surface area contributed by atoms with E-state index >= 15 is 0 Å². The van der Waals surface area contributed by atoms with Crippen molar-refractivity contribution >= 4 is 50.0 Å². The number of rotatable bonds is 1. The first-order valence-electron chi connectivity index (χ1n) is 3.72. The maximum Gasteiger partial charge on any atom is 0.337 e. The third-order valence-electron chi connectivity index (χ3n) is 1.84. The van der Waals surface area contributed by atoms with Crippen molar-refractivity contribution in [2.45, 2.75) is 0 Å². The first-order valence-corrected chi connectivity index (χ1v) is 5.68. The second kappa shape index (κ2) is 3.39. The largest absolute Gasteiger partial charge is 0.508 e. The number of aromatic hydroxyl groups is 1. The second-order valence-electron chi connectivity index (χ2n) is 2.76. The van der Waals surface area contributed by atoms with Crippen LogP contribution in [-0.2, 0) is 0 Å². The number of benzene rings is 1. The Labute approximate surface area is 97.1 Å². The lowest BCUT2D eigenvalue weighted by atomic mass is 10.1. The number of carboxylic acid groups (broad SMARTS) is 1. The summed E-state index contributed by atoms with van der Waals surface area (Å²) >= 11 is 3.49. The summed E-state index contributed by atoms with van der Waals surface area (Å²) in [5.41, 5.74) is 0.160. The average Bonchev–Trinajstić information content (AvgIpc) is 2.47. The van der Waals surface area contributed by atoms with Crippen molar-refractivity contribution in [2.75, 3.05) is 0 Å². The number of phenolic OH excluding ortho intramolecular Hbond substituents is 1. The minimum atomic E-state index is -1.01. The average molecular weight is 320 g/mol. The molecule has 0 aliphatic rings. The second-order valence-corrected chi connectivity index (χ2v) is 4.80. The molecule has 2 N–H and O–H groups in total. The summed E-state index contributed by atoms with van der Waals surface area (Å²) in [5.74, 6) is -1.02. The number of carboxylic acids is 1. The molecule has 0 amide bonds. The van der Waals surface area contributed by atoms with E-state index in [9.17, 15) is 9.90 Å². The van der Waals surface area contributed by atoms with Crippen LogP contribution in [0.2, 0.25) is 0 Å². The lowest BCUT2D eigenvalue weighted by Gasteiger charge is -1.98. The molecule has 0 radical (unpaired) electrons. The minimum Gasteiger partial charge on any atom is -0.508 e. The van der Waals surface area contributed by atoms with Crippen LogP contribution in [0.1, 0.15) is 10.4 Å². The van der Waals surface area contributed by atoms with Gasteiger partial charge >= 0.3 is 5.97 Å². The van der Waals surface area contributed by atoms with E-state index in [4.69, 9.17) is 5.11 Å². The molecular formula is C9H5IO3S. The fraction of sp³-hybridized carbons (Fsp3) is 0. The molecule has 0 unspecified atom stereocenters. The van der Waals surface area contributed by atoms with Gasteiger partial charge in [0.05, 0.1) is 10.3 Å². The third kappa shape index (κ3) is 1.46. The molecule has 14 heavy (non-hydrogen) atoms. The summed E-state index contributed by atoms with van der Waals surface area (Å²) < 4.78 is 1.67. The van der Waals surface area contributed by atoms with Crippen LogP contribution >= 0.6 is 33.9 Å². The minimum absolute atomic E-state index is 0.00813. The van der Waals surface area contributed by atoms with E-state index in [2.05, 4.69) is 22.6 Å². The molecular weight excluding hydrogens is 315 g/mol. The van der Waals surface area contributed by atoms with Crippen LogP contribution in [0.4, 0.5) is 0 Å². The Morgan fingerprint density at radius 1 is 1.43 bits per heavy atom. The van der Waals surface area contributed by atoms with Crippen LogP contribution in [-0.4, -0.2) is 16.2 Å². The molecule has 3 nitrogen and oxygen atoms in total. The highest BCUT2D eigenvalue weighted by atomic mass is 127. The molecule has 2 aromatic rings. The molecule has 5 heteroatoms. The molecule has 0 aliphatic carbocycles. The summed E-state index contributed by atoms with van der Waals surface area (Å²) in [4.78, 5) is 10.9. The van der Waals surface area contributed by atoms with Gasteiger partial charge in [-0.1, -0.05) is 0 Å². The fourth-order valence-electron chi connectivity index (χ4n) is 1.25. The molecule has 0 saturated carbocycles. The highest BCUT2D eigenvalue weighted by molar-refractivity contribution is 14.1. The molecule has 72 valence electrons. The molecule has 0 bridgehead atoms. The zero-order chi connectivity index (χ0) is 10.3. The van der Waals surface area contributed by atoms with E-state index in [-0.39, 0.29) is 11.3 Å². The monoisotopic (exact) mass is 320 g/mol. The number of halogens is 1. The van der Waals surface area contributed by atoms with Gasteiger partial charge in [-0.25, -0.2) is 4.79 Å². The Balaban J connectivity index is 2.88. The van der Waals surface area contributed by atoms with E-state index in [0.717, 1.165) is 8.96 Å². The summed E-state index contributed by atoms with van der Waals surface area (Å²) in [7, 11) is 0. The van der Waals surface area contributed by atoms with Gasteiger partial charge in [-0.3, -0.25) is 0 Å². The number of hydrogen-bond acceptors (Lipinski definition) is 3. The lowest BCUT2D eigenvalue weighted by molar-refractivity contribution is 0.0699. The number of hydrogen-bond donors (Lipinski definition) is 2. The highest BCUT2D eigenvalue weighted by Gasteiger charge is 2.13. The standard InChI is InChI=1S/C9H5IO3S/c10-7-3-14-8-5(7)1-4(11)2-6(8)9(12)13/h1-3,11H,(H,12,13). The zero-order valence-corrected chi connectivity index (χ0v) is 9.79. The highest BCUT2D eigenvalue weighted by Crippen LogP contribution is 2.33. The Hall–Kier alpha value is -0.820. The van der Waals surface area contributed by atoms with Gasteiger partial charge in [0.25, 0.3) is 0 Å². The quantitative estimate of drug-likeness (QED) is 0.795. The Morgan fingerprint density at radius 2 is 2.14 bits per heavy atom. The summed E-state index contributed by atoms with van der Waals surface area (Å²) in [6.07, 6.45) is 0. The van der Waals surface area contributed by atoms with E-state index in [1.807, 2.05) is 5.38 Å². The van der Waals surface area contributed by atoms with Crippen LogP contribution in [0, 0.1) is 3.57 Å². The van der Waals surface area contributed by atoms with Crippen molar-refractivity contribution in [3.63, 3.8) is 0 Å². The van der Waals surface area contributed by atoms with Crippen molar-refractivity contribution in [1.82, 2.24) is 0 Å². The van der Waals surface area contributed by atoms with E-state index in [1.54, 1.807) is 6.07 Å². The van der Waals surface area contributed by atoms with E-state index in [1.165, 1.54) is 17.4 Å². The molecule has 1 aromatic heterocycles. The predicted molar refractivity (Wildman–Crippen MR) is 63.2 cm³/mol. The molecule has 0 fully saturated rings. The van der Waals surface area contributed by atoms with Gasteiger partial charge in [0, 0.05) is 14.3 Å². The topological polar surface area (TPSA) is 57.5 Å². The van der Waals surface area contributed by atoms with Crippen molar-refractivity contribution in [3.8, 4) is 5.75 Å². The molecule has 0 saturated heterocycles. The summed E-state index contributed by atoms with van der Waals surface area (Å²) in [6, 6.07) is 2.86. The molecule has 1 aromatic carbocycles. The normalized spacial score (nSPS) is 10.6.